The van der Waals surface area contributed by atoms with Crippen LogP contribution in [0, 0.1) is 12.7 Å². The number of nitrogens with zero attached hydrogens (tertiary/aromatic N) is 3. The fourth-order valence-corrected chi connectivity index (χ4v) is 3.59. The van der Waals surface area contributed by atoms with Gasteiger partial charge in [-0.1, -0.05) is 17.7 Å². The van der Waals surface area contributed by atoms with Crippen LogP contribution in [0.2, 0.25) is 0 Å². The summed E-state index contributed by atoms with van der Waals surface area (Å²) < 4.78 is 21.2. The zero-order valence-corrected chi connectivity index (χ0v) is 16.1. The first-order valence-corrected chi connectivity index (χ1v) is 9.32. The molecule has 0 N–H and O–H groups in total. The maximum absolute atomic E-state index is 14.1. The molecule has 0 atom stereocenters. The van der Waals surface area contributed by atoms with Gasteiger partial charge in [0.15, 0.2) is 0 Å². The number of halogens is 1. The molecule has 2 aromatic heterocycles. The van der Waals surface area contributed by atoms with Gasteiger partial charge in [-0.3, -0.25) is 4.98 Å². The van der Waals surface area contributed by atoms with Crippen LogP contribution in [0.1, 0.15) is 5.56 Å². The van der Waals surface area contributed by atoms with Crippen LogP contribution in [0.15, 0.2) is 72.9 Å². The van der Waals surface area contributed by atoms with Crippen LogP contribution < -0.4 is 4.74 Å². The van der Waals surface area contributed by atoms with Crippen LogP contribution in [0.25, 0.3) is 38.8 Å². The first kappa shape index (κ1) is 17.4. The van der Waals surface area contributed by atoms with Crippen LogP contribution in [-0.2, 0) is 0 Å². The van der Waals surface area contributed by atoms with Gasteiger partial charge < -0.3 is 4.74 Å². The molecule has 0 unspecified atom stereocenters. The first-order valence-electron chi connectivity index (χ1n) is 9.32. The van der Waals surface area contributed by atoms with E-state index in [-0.39, 0.29) is 5.82 Å². The second-order valence-corrected chi connectivity index (χ2v) is 7.01. The molecule has 0 saturated carbocycles. The van der Waals surface area contributed by atoms with Gasteiger partial charge in [-0.15, -0.1) is 0 Å². The molecule has 0 aliphatic heterocycles. The van der Waals surface area contributed by atoms with Gasteiger partial charge in [-0.05, 0) is 61.5 Å². The number of aromatic nitrogens is 3. The van der Waals surface area contributed by atoms with Crippen molar-refractivity contribution in [3.63, 3.8) is 0 Å². The molecule has 5 rings (SSSR count). The quantitative estimate of drug-likeness (QED) is 0.401. The van der Waals surface area contributed by atoms with Crippen molar-refractivity contribution in [1.29, 1.82) is 0 Å². The van der Waals surface area contributed by atoms with Crippen LogP contribution in [-0.4, -0.2) is 21.9 Å². The van der Waals surface area contributed by atoms with E-state index in [9.17, 15) is 4.39 Å². The number of pyridine rings is 1. The summed E-state index contributed by atoms with van der Waals surface area (Å²) in [6.07, 6.45) is 1.81. The van der Waals surface area contributed by atoms with E-state index in [1.54, 1.807) is 13.2 Å². The number of methoxy groups -OCH3 is 1. The van der Waals surface area contributed by atoms with Crippen molar-refractivity contribution >= 4 is 21.8 Å². The molecule has 0 aliphatic rings. The Labute approximate surface area is 167 Å². The number of fused-ring (bicyclic) bond motifs is 3. The molecule has 0 bridgehead atoms. The van der Waals surface area contributed by atoms with Gasteiger partial charge in [0.05, 0.1) is 23.8 Å². The van der Waals surface area contributed by atoms with Crippen molar-refractivity contribution in [3.05, 3.63) is 84.3 Å². The topological polar surface area (TPSA) is 39.9 Å². The van der Waals surface area contributed by atoms with Crippen molar-refractivity contribution < 1.29 is 9.13 Å². The van der Waals surface area contributed by atoms with E-state index in [0.29, 0.717) is 0 Å². The van der Waals surface area contributed by atoms with Crippen LogP contribution in [0.5, 0.6) is 5.75 Å². The smallest absolute Gasteiger partial charge is 0.124 e. The molecular formula is C24H18FN3O. The predicted molar refractivity (Wildman–Crippen MR) is 113 cm³/mol. The highest BCUT2D eigenvalue weighted by molar-refractivity contribution is 6.08. The van der Waals surface area contributed by atoms with Gasteiger partial charge >= 0.3 is 0 Å². The summed E-state index contributed by atoms with van der Waals surface area (Å²) >= 11 is 0. The molecule has 3 aromatic carbocycles. The lowest BCUT2D eigenvalue weighted by atomic mass is 10.1. The molecule has 0 radical (unpaired) electrons. The fourth-order valence-electron chi connectivity index (χ4n) is 3.59. The zero-order chi connectivity index (χ0) is 20.0. The zero-order valence-electron chi connectivity index (χ0n) is 16.1. The van der Waals surface area contributed by atoms with Crippen LogP contribution >= 0.6 is 0 Å². The largest absolute Gasteiger partial charge is 0.497 e. The SMILES string of the molecule is COc1ccc(-c2nn(-c3ccc(C)cc3)c3c2cnc2ccc(F)cc23)cc1. The second kappa shape index (κ2) is 6.71. The van der Waals surface area contributed by atoms with E-state index in [0.717, 1.165) is 50.1 Å². The lowest BCUT2D eigenvalue weighted by Crippen LogP contribution is -1.97. The summed E-state index contributed by atoms with van der Waals surface area (Å²) in [5, 5.41) is 6.51. The number of hydrogen-bond acceptors (Lipinski definition) is 3. The van der Waals surface area contributed by atoms with Crippen LogP contribution in [0.3, 0.4) is 0 Å². The highest BCUT2D eigenvalue weighted by Gasteiger charge is 2.17. The van der Waals surface area contributed by atoms with Crippen molar-refractivity contribution in [1.82, 2.24) is 14.8 Å². The number of ether oxygens (including phenoxy) is 1. The van der Waals surface area contributed by atoms with Gasteiger partial charge in [0.2, 0.25) is 0 Å². The van der Waals surface area contributed by atoms with Gasteiger partial charge in [0.1, 0.15) is 17.3 Å². The summed E-state index contributed by atoms with van der Waals surface area (Å²) in [6, 6.07) is 20.5. The van der Waals surface area contributed by atoms with E-state index < -0.39 is 0 Å². The minimum Gasteiger partial charge on any atom is -0.497 e. The molecule has 0 spiro atoms. The monoisotopic (exact) mass is 383 g/mol. The lowest BCUT2D eigenvalue weighted by molar-refractivity contribution is 0.415. The Hall–Kier alpha value is -3.73. The Morgan fingerprint density at radius 1 is 0.897 bits per heavy atom. The summed E-state index contributed by atoms with van der Waals surface area (Å²) in [5.41, 5.74) is 5.38. The van der Waals surface area contributed by atoms with Crippen molar-refractivity contribution in [3.8, 4) is 22.7 Å². The minimum absolute atomic E-state index is 0.297. The molecule has 2 heterocycles. The second-order valence-electron chi connectivity index (χ2n) is 7.01. The fraction of sp³-hybridized carbons (Fsp3) is 0.0833. The molecule has 0 amide bonds. The molecule has 0 aliphatic carbocycles. The Morgan fingerprint density at radius 3 is 2.38 bits per heavy atom. The normalized spacial score (nSPS) is 11.3. The van der Waals surface area contributed by atoms with Crippen molar-refractivity contribution in [2.75, 3.05) is 7.11 Å². The maximum atomic E-state index is 14.1. The van der Waals surface area contributed by atoms with Gasteiger partial charge in [-0.25, -0.2) is 9.07 Å². The Kier molecular flexibility index (Phi) is 4.02. The van der Waals surface area contributed by atoms with Crippen molar-refractivity contribution in [2.45, 2.75) is 6.92 Å². The van der Waals surface area contributed by atoms with Gasteiger partial charge in [-0.2, -0.15) is 5.10 Å². The molecule has 0 saturated heterocycles. The molecule has 0 fully saturated rings. The third-order valence-corrected chi connectivity index (χ3v) is 5.11. The van der Waals surface area contributed by atoms with Gasteiger partial charge in [0.25, 0.3) is 0 Å². The van der Waals surface area contributed by atoms with E-state index in [1.807, 2.05) is 66.3 Å². The maximum Gasteiger partial charge on any atom is 0.124 e. The molecule has 4 nitrogen and oxygen atoms in total. The number of benzene rings is 3. The Balaban J connectivity index is 1.86. The standard InChI is InChI=1S/C24H18FN3O/c1-15-3-8-18(9-4-15)28-24-20-13-17(25)7-12-22(20)26-14-21(24)23(27-28)16-5-10-19(29-2)11-6-16/h3-14H,1-2H3. The number of hydrogen-bond donors (Lipinski definition) is 0. The molecular weight excluding hydrogens is 365 g/mol. The van der Waals surface area contributed by atoms with E-state index >= 15 is 0 Å². The predicted octanol–water partition coefficient (Wildman–Crippen LogP) is 5.70. The minimum atomic E-state index is -0.297. The molecule has 5 aromatic rings. The summed E-state index contributed by atoms with van der Waals surface area (Å²) in [4.78, 5) is 4.55. The summed E-state index contributed by atoms with van der Waals surface area (Å²) in [7, 11) is 1.64. The average Bonchev–Trinajstić information content (AvgIpc) is 3.14. The third kappa shape index (κ3) is 2.91. The average molecular weight is 383 g/mol. The third-order valence-electron chi connectivity index (χ3n) is 5.11. The first-order chi connectivity index (χ1) is 14.1. The lowest BCUT2D eigenvalue weighted by Gasteiger charge is -2.06. The molecule has 5 heteroatoms. The Morgan fingerprint density at radius 2 is 1.66 bits per heavy atom. The number of aryl methyl sites for hydroxylation is 1. The van der Waals surface area contributed by atoms with E-state index in [1.165, 1.54) is 12.1 Å². The molecule has 142 valence electrons. The number of rotatable bonds is 3. The summed E-state index contributed by atoms with van der Waals surface area (Å²) in [6.45, 7) is 2.04. The van der Waals surface area contributed by atoms with E-state index in [2.05, 4.69) is 4.98 Å². The highest BCUT2D eigenvalue weighted by atomic mass is 19.1. The van der Waals surface area contributed by atoms with Crippen molar-refractivity contribution in [2.24, 2.45) is 0 Å². The highest BCUT2D eigenvalue weighted by Crippen LogP contribution is 2.34. The molecule has 29 heavy (non-hydrogen) atoms. The van der Waals surface area contributed by atoms with E-state index in [4.69, 9.17) is 9.84 Å². The van der Waals surface area contributed by atoms with Crippen LogP contribution in [0.4, 0.5) is 4.39 Å². The Bertz CT molecular complexity index is 1340. The van der Waals surface area contributed by atoms with Gasteiger partial charge in [0, 0.05) is 22.5 Å². The summed E-state index contributed by atoms with van der Waals surface area (Å²) in [5.74, 6) is 0.483.